The van der Waals surface area contributed by atoms with Gasteiger partial charge in [0, 0.05) is 5.56 Å². The highest BCUT2D eigenvalue weighted by molar-refractivity contribution is 5.94. The number of hydrogen-bond acceptors (Lipinski definition) is 4. The van der Waals surface area contributed by atoms with Crippen molar-refractivity contribution >= 4 is 5.91 Å². The smallest absolute Gasteiger partial charge is 0.251 e. The van der Waals surface area contributed by atoms with Gasteiger partial charge in [0.25, 0.3) is 5.91 Å². The first-order valence-electron chi connectivity index (χ1n) is 8.48. The highest BCUT2D eigenvalue weighted by Crippen LogP contribution is 2.36. The van der Waals surface area contributed by atoms with Gasteiger partial charge in [-0.2, -0.15) is 0 Å². The highest BCUT2D eigenvalue weighted by atomic mass is 19.1. The summed E-state index contributed by atoms with van der Waals surface area (Å²) in [6.07, 6.45) is 2.21. The molecule has 0 aliphatic heterocycles. The number of methoxy groups -OCH3 is 2. The Kier molecular flexibility index (Phi) is 5.13. The number of ether oxygens (including phenoxy) is 2. The van der Waals surface area contributed by atoms with Crippen molar-refractivity contribution in [2.24, 2.45) is 0 Å². The molecule has 0 radical (unpaired) electrons. The van der Waals surface area contributed by atoms with Gasteiger partial charge in [-0.05, 0) is 60.7 Å². The number of amides is 1. The molecule has 0 aromatic heterocycles. The largest absolute Gasteiger partial charge is 0.497 e. The van der Waals surface area contributed by atoms with Crippen LogP contribution in [0, 0.1) is 5.82 Å². The number of halogens is 1. The van der Waals surface area contributed by atoms with E-state index in [0.717, 1.165) is 35.8 Å². The molecule has 5 nitrogen and oxygen atoms in total. The van der Waals surface area contributed by atoms with Gasteiger partial charge in [-0.25, -0.2) is 4.39 Å². The van der Waals surface area contributed by atoms with Crippen LogP contribution in [0.2, 0.25) is 0 Å². The van der Waals surface area contributed by atoms with Crippen molar-refractivity contribution in [1.29, 1.82) is 0 Å². The average Bonchev–Trinajstić information content (AvgIpc) is 2.66. The number of benzene rings is 2. The molecule has 0 saturated carbocycles. The molecule has 1 aliphatic rings. The molecule has 2 aromatic rings. The number of aliphatic hydroxyl groups is 1. The Balaban J connectivity index is 1.75. The van der Waals surface area contributed by atoms with Crippen LogP contribution in [-0.2, 0) is 12.0 Å². The quantitative estimate of drug-likeness (QED) is 0.861. The maximum atomic E-state index is 13.8. The third kappa shape index (κ3) is 3.51. The van der Waals surface area contributed by atoms with Crippen molar-refractivity contribution < 1.29 is 23.8 Å². The molecule has 3 rings (SSSR count). The second-order valence-electron chi connectivity index (χ2n) is 6.44. The molecule has 0 heterocycles. The van der Waals surface area contributed by atoms with Crippen LogP contribution in [0.4, 0.5) is 4.39 Å². The van der Waals surface area contributed by atoms with Crippen LogP contribution >= 0.6 is 0 Å². The van der Waals surface area contributed by atoms with Crippen LogP contribution in [-0.4, -0.2) is 31.8 Å². The number of carbonyl (C=O) groups excluding carboxylic acids is 1. The second-order valence-corrected chi connectivity index (χ2v) is 6.44. The van der Waals surface area contributed by atoms with E-state index < -0.39 is 17.3 Å². The molecule has 0 bridgehead atoms. The average molecular weight is 359 g/mol. The minimum absolute atomic E-state index is 0.0544. The van der Waals surface area contributed by atoms with Gasteiger partial charge in [0.15, 0.2) is 11.6 Å². The molecular weight excluding hydrogens is 337 g/mol. The monoisotopic (exact) mass is 359 g/mol. The minimum atomic E-state index is -1.15. The molecular formula is C20H22FNO4. The Morgan fingerprint density at radius 2 is 2.04 bits per heavy atom. The standard InChI is InChI=1S/C20H22FNO4/c1-25-15-6-7-16-13(10-15)4-3-9-20(16,24)12-22-19(23)14-5-8-18(26-2)17(21)11-14/h5-8,10-11,24H,3-4,9,12H2,1-2H3,(H,22,23). The lowest BCUT2D eigenvalue weighted by Crippen LogP contribution is -2.43. The van der Waals surface area contributed by atoms with E-state index in [0.29, 0.717) is 6.42 Å². The molecule has 1 unspecified atom stereocenters. The van der Waals surface area contributed by atoms with Crippen LogP contribution < -0.4 is 14.8 Å². The first-order chi connectivity index (χ1) is 12.5. The Morgan fingerprint density at radius 1 is 1.23 bits per heavy atom. The molecule has 0 fully saturated rings. The van der Waals surface area contributed by atoms with Gasteiger partial charge in [-0.3, -0.25) is 4.79 Å². The van der Waals surface area contributed by atoms with E-state index in [9.17, 15) is 14.3 Å². The summed E-state index contributed by atoms with van der Waals surface area (Å²) >= 11 is 0. The molecule has 2 N–H and O–H groups in total. The van der Waals surface area contributed by atoms with Gasteiger partial charge < -0.3 is 19.9 Å². The highest BCUT2D eigenvalue weighted by Gasteiger charge is 2.35. The minimum Gasteiger partial charge on any atom is -0.497 e. The van der Waals surface area contributed by atoms with E-state index in [1.807, 2.05) is 12.1 Å². The normalized spacial score (nSPS) is 18.8. The van der Waals surface area contributed by atoms with Gasteiger partial charge in [0.1, 0.15) is 11.4 Å². The first kappa shape index (κ1) is 18.2. The van der Waals surface area contributed by atoms with Crippen molar-refractivity contribution in [1.82, 2.24) is 5.32 Å². The zero-order valence-electron chi connectivity index (χ0n) is 14.8. The topological polar surface area (TPSA) is 67.8 Å². The number of carbonyl (C=O) groups is 1. The lowest BCUT2D eigenvalue weighted by Gasteiger charge is -2.35. The van der Waals surface area contributed by atoms with Crippen LogP contribution in [0.15, 0.2) is 36.4 Å². The number of fused-ring (bicyclic) bond motifs is 1. The third-order valence-corrected chi connectivity index (χ3v) is 4.81. The Labute approximate surface area is 151 Å². The van der Waals surface area contributed by atoms with E-state index >= 15 is 0 Å². The summed E-state index contributed by atoms with van der Waals surface area (Å²) in [5.41, 5.74) is 0.840. The second kappa shape index (κ2) is 7.33. The van der Waals surface area contributed by atoms with Crippen LogP contribution in [0.3, 0.4) is 0 Å². The molecule has 2 aromatic carbocycles. The fraction of sp³-hybridized carbons (Fsp3) is 0.350. The van der Waals surface area contributed by atoms with E-state index in [1.165, 1.54) is 19.2 Å². The van der Waals surface area contributed by atoms with E-state index in [2.05, 4.69) is 5.32 Å². The molecule has 1 aliphatic carbocycles. The number of nitrogens with one attached hydrogen (secondary N) is 1. The molecule has 0 spiro atoms. The van der Waals surface area contributed by atoms with Crippen molar-refractivity contribution in [2.75, 3.05) is 20.8 Å². The Bertz CT molecular complexity index is 823. The Morgan fingerprint density at radius 3 is 2.73 bits per heavy atom. The summed E-state index contributed by atoms with van der Waals surface area (Å²) in [5.74, 6) is -0.226. The maximum Gasteiger partial charge on any atom is 0.251 e. The molecule has 0 saturated heterocycles. The third-order valence-electron chi connectivity index (χ3n) is 4.81. The zero-order valence-corrected chi connectivity index (χ0v) is 14.8. The summed E-state index contributed by atoms with van der Waals surface area (Å²) in [4.78, 5) is 12.3. The lowest BCUT2D eigenvalue weighted by atomic mass is 9.79. The Hall–Kier alpha value is -2.60. The van der Waals surface area contributed by atoms with Gasteiger partial charge >= 0.3 is 0 Å². The number of hydrogen-bond donors (Lipinski definition) is 2. The van der Waals surface area contributed by atoms with Crippen molar-refractivity contribution in [3.8, 4) is 11.5 Å². The van der Waals surface area contributed by atoms with Crippen molar-refractivity contribution in [2.45, 2.75) is 24.9 Å². The van der Waals surface area contributed by atoms with Gasteiger partial charge in [0.2, 0.25) is 0 Å². The summed E-state index contributed by atoms with van der Waals surface area (Å²) in [6, 6.07) is 9.57. The van der Waals surface area contributed by atoms with Gasteiger partial charge in [-0.15, -0.1) is 0 Å². The van der Waals surface area contributed by atoms with E-state index in [-0.39, 0.29) is 17.9 Å². The molecule has 1 atom stereocenters. The number of aryl methyl sites for hydroxylation is 1. The SMILES string of the molecule is COc1ccc2c(c1)CCCC2(O)CNC(=O)c1ccc(OC)c(F)c1. The van der Waals surface area contributed by atoms with Crippen molar-refractivity contribution in [3.63, 3.8) is 0 Å². The molecule has 1 amide bonds. The molecule has 26 heavy (non-hydrogen) atoms. The van der Waals surface area contributed by atoms with Gasteiger partial charge in [-0.1, -0.05) is 6.07 Å². The summed E-state index contributed by atoms with van der Waals surface area (Å²) in [5, 5.41) is 13.8. The van der Waals surface area contributed by atoms with Gasteiger partial charge in [0.05, 0.1) is 20.8 Å². The first-order valence-corrected chi connectivity index (χ1v) is 8.48. The summed E-state index contributed by atoms with van der Waals surface area (Å²) < 4.78 is 23.9. The van der Waals surface area contributed by atoms with E-state index in [4.69, 9.17) is 9.47 Å². The van der Waals surface area contributed by atoms with Crippen LogP contribution in [0.25, 0.3) is 0 Å². The fourth-order valence-corrected chi connectivity index (χ4v) is 3.38. The maximum absolute atomic E-state index is 13.8. The number of rotatable bonds is 5. The van der Waals surface area contributed by atoms with E-state index in [1.54, 1.807) is 13.2 Å². The predicted octanol–water partition coefficient (Wildman–Crippen LogP) is 2.80. The van der Waals surface area contributed by atoms with Crippen molar-refractivity contribution in [3.05, 3.63) is 58.9 Å². The van der Waals surface area contributed by atoms with Crippen LogP contribution in [0.1, 0.15) is 34.3 Å². The van der Waals surface area contributed by atoms with Crippen LogP contribution in [0.5, 0.6) is 11.5 Å². The summed E-state index contributed by atoms with van der Waals surface area (Å²) in [7, 11) is 2.97. The lowest BCUT2D eigenvalue weighted by molar-refractivity contribution is 0.0189. The fourth-order valence-electron chi connectivity index (χ4n) is 3.38. The molecule has 138 valence electrons. The summed E-state index contributed by atoms with van der Waals surface area (Å²) in [6.45, 7) is 0.0544. The predicted molar refractivity (Wildman–Crippen MR) is 95.1 cm³/mol. The molecule has 6 heteroatoms. The zero-order chi connectivity index (χ0) is 18.7.